The summed E-state index contributed by atoms with van der Waals surface area (Å²) in [6, 6.07) is 11.7. The largest absolute Gasteiger partial charge is 0.461 e. The normalized spacial score (nSPS) is 10.2. The molecule has 0 saturated carbocycles. The van der Waals surface area contributed by atoms with Crippen LogP contribution in [0.5, 0.6) is 0 Å². The third-order valence-corrected chi connectivity index (χ3v) is 2.35. The molecule has 0 aliphatic rings. The molecule has 0 radical (unpaired) electrons. The average Bonchev–Trinajstić information content (AvgIpc) is 2.79. The molecular formula is C13H14N2O2. The molecule has 1 aromatic carbocycles. The quantitative estimate of drug-likeness (QED) is 0.819. The van der Waals surface area contributed by atoms with Gasteiger partial charge in [-0.15, -0.1) is 0 Å². The molecular weight excluding hydrogens is 216 g/mol. The molecule has 2 aromatic rings. The average molecular weight is 230 g/mol. The maximum absolute atomic E-state index is 11.4. The molecule has 1 aromatic heterocycles. The summed E-state index contributed by atoms with van der Waals surface area (Å²) in [6.45, 7) is 2.13. The van der Waals surface area contributed by atoms with E-state index in [-0.39, 0.29) is 5.97 Å². The minimum Gasteiger partial charge on any atom is -0.461 e. The maximum atomic E-state index is 11.4. The van der Waals surface area contributed by atoms with Crippen molar-refractivity contribution in [1.29, 1.82) is 0 Å². The number of ether oxygens (including phenoxy) is 1. The van der Waals surface area contributed by atoms with Gasteiger partial charge in [0.1, 0.15) is 0 Å². The van der Waals surface area contributed by atoms with Gasteiger partial charge >= 0.3 is 5.97 Å². The third-order valence-electron chi connectivity index (χ3n) is 2.35. The summed E-state index contributed by atoms with van der Waals surface area (Å²) in [5.41, 5.74) is 2.41. The fourth-order valence-corrected chi connectivity index (χ4v) is 1.58. The summed E-state index contributed by atoms with van der Waals surface area (Å²) < 4.78 is 4.87. The van der Waals surface area contributed by atoms with Crippen LogP contribution in [-0.2, 0) is 11.2 Å². The highest BCUT2D eigenvalue weighted by atomic mass is 16.5. The number of aromatic amines is 1. The summed E-state index contributed by atoms with van der Waals surface area (Å²) >= 11 is 0. The molecule has 1 N–H and O–H groups in total. The van der Waals surface area contributed by atoms with Crippen molar-refractivity contribution in [3.05, 3.63) is 53.3 Å². The van der Waals surface area contributed by atoms with E-state index < -0.39 is 0 Å². The monoisotopic (exact) mass is 230 g/mol. The molecule has 0 atom stereocenters. The first kappa shape index (κ1) is 11.4. The lowest BCUT2D eigenvalue weighted by Gasteiger charge is -1.97. The van der Waals surface area contributed by atoms with Crippen LogP contribution in [0.1, 0.15) is 28.7 Å². The molecule has 0 aliphatic heterocycles. The molecule has 17 heavy (non-hydrogen) atoms. The Morgan fingerprint density at radius 2 is 2.12 bits per heavy atom. The molecule has 0 bridgehead atoms. The first-order chi connectivity index (χ1) is 8.29. The number of carbonyl (C=O) groups excluding carboxylic acids is 1. The first-order valence-corrected chi connectivity index (χ1v) is 5.55. The van der Waals surface area contributed by atoms with Crippen LogP contribution in [0.3, 0.4) is 0 Å². The van der Waals surface area contributed by atoms with E-state index in [4.69, 9.17) is 4.74 Å². The van der Waals surface area contributed by atoms with E-state index in [1.807, 2.05) is 30.3 Å². The predicted octanol–water partition coefficient (Wildman–Crippen LogP) is 2.18. The number of hydrogen-bond acceptors (Lipinski definition) is 3. The summed E-state index contributed by atoms with van der Waals surface area (Å²) in [6.07, 6.45) is 0.729. The van der Waals surface area contributed by atoms with Crippen LogP contribution in [0.25, 0.3) is 0 Å². The van der Waals surface area contributed by atoms with Crippen molar-refractivity contribution in [3.8, 4) is 0 Å². The van der Waals surface area contributed by atoms with Gasteiger partial charge in [-0.25, -0.2) is 4.79 Å². The highest BCUT2D eigenvalue weighted by Gasteiger charge is 2.11. The molecule has 4 nitrogen and oxygen atoms in total. The zero-order chi connectivity index (χ0) is 12.1. The Hall–Kier alpha value is -2.10. The van der Waals surface area contributed by atoms with E-state index in [2.05, 4.69) is 10.2 Å². The number of rotatable bonds is 4. The van der Waals surface area contributed by atoms with Crippen LogP contribution in [0.2, 0.25) is 0 Å². The predicted molar refractivity (Wildman–Crippen MR) is 63.8 cm³/mol. The van der Waals surface area contributed by atoms with Gasteiger partial charge in [-0.2, -0.15) is 5.10 Å². The Balaban J connectivity index is 2.06. The molecule has 0 unspecified atom stereocenters. The van der Waals surface area contributed by atoms with Gasteiger partial charge in [0.15, 0.2) is 5.69 Å². The van der Waals surface area contributed by atoms with E-state index >= 15 is 0 Å². The van der Waals surface area contributed by atoms with E-state index in [0.717, 1.165) is 12.1 Å². The van der Waals surface area contributed by atoms with Crippen molar-refractivity contribution in [2.75, 3.05) is 6.61 Å². The Morgan fingerprint density at radius 1 is 1.35 bits per heavy atom. The van der Waals surface area contributed by atoms with E-state index in [1.54, 1.807) is 13.0 Å². The Morgan fingerprint density at radius 3 is 2.82 bits per heavy atom. The second kappa shape index (κ2) is 5.30. The molecule has 0 spiro atoms. The number of H-pyrrole nitrogens is 1. The maximum Gasteiger partial charge on any atom is 0.358 e. The van der Waals surface area contributed by atoms with Gasteiger partial charge in [0.25, 0.3) is 0 Å². The van der Waals surface area contributed by atoms with Crippen molar-refractivity contribution < 1.29 is 9.53 Å². The Kier molecular flexibility index (Phi) is 3.55. The smallest absolute Gasteiger partial charge is 0.358 e. The molecule has 88 valence electrons. The standard InChI is InChI=1S/C13H14N2O2/c1-2-17-13(16)12-9-11(14-15-12)8-10-6-4-3-5-7-10/h3-7,9H,2,8H2,1H3,(H,14,15). The number of carbonyl (C=O) groups is 1. The van der Waals surface area contributed by atoms with Crippen molar-refractivity contribution in [2.45, 2.75) is 13.3 Å². The fourth-order valence-electron chi connectivity index (χ4n) is 1.58. The van der Waals surface area contributed by atoms with Crippen LogP contribution < -0.4 is 0 Å². The van der Waals surface area contributed by atoms with Gasteiger partial charge in [0.05, 0.1) is 6.61 Å². The van der Waals surface area contributed by atoms with Crippen LogP contribution in [0.4, 0.5) is 0 Å². The van der Waals surface area contributed by atoms with Crippen LogP contribution in [-0.4, -0.2) is 22.8 Å². The Bertz CT molecular complexity index is 491. The molecule has 0 aliphatic carbocycles. The van der Waals surface area contributed by atoms with E-state index in [1.165, 1.54) is 5.56 Å². The van der Waals surface area contributed by atoms with Crippen molar-refractivity contribution >= 4 is 5.97 Å². The minimum atomic E-state index is -0.386. The lowest BCUT2D eigenvalue weighted by molar-refractivity contribution is 0.0519. The highest BCUT2D eigenvalue weighted by Crippen LogP contribution is 2.08. The Labute approximate surface area is 99.6 Å². The van der Waals surface area contributed by atoms with Crippen molar-refractivity contribution in [1.82, 2.24) is 10.2 Å². The topological polar surface area (TPSA) is 55.0 Å². The van der Waals surface area contributed by atoms with Gasteiger partial charge in [0.2, 0.25) is 0 Å². The summed E-state index contributed by atoms with van der Waals surface area (Å²) in [4.78, 5) is 11.4. The summed E-state index contributed by atoms with van der Waals surface area (Å²) in [5, 5.41) is 6.77. The number of nitrogens with one attached hydrogen (secondary N) is 1. The third kappa shape index (κ3) is 2.93. The summed E-state index contributed by atoms with van der Waals surface area (Å²) in [5.74, 6) is -0.386. The molecule has 2 rings (SSSR count). The van der Waals surface area contributed by atoms with Gasteiger partial charge in [-0.05, 0) is 18.6 Å². The first-order valence-electron chi connectivity index (χ1n) is 5.55. The molecule has 0 saturated heterocycles. The van der Waals surface area contributed by atoms with Crippen molar-refractivity contribution in [3.63, 3.8) is 0 Å². The minimum absolute atomic E-state index is 0.331. The number of benzene rings is 1. The SMILES string of the molecule is CCOC(=O)c1cc(Cc2ccccc2)[nH]n1. The number of nitrogens with zero attached hydrogens (tertiary/aromatic N) is 1. The van der Waals surface area contributed by atoms with E-state index in [0.29, 0.717) is 12.3 Å². The highest BCUT2D eigenvalue weighted by molar-refractivity contribution is 5.87. The fraction of sp³-hybridized carbons (Fsp3) is 0.231. The van der Waals surface area contributed by atoms with Crippen LogP contribution in [0, 0.1) is 0 Å². The van der Waals surface area contributed by atoms with Crippen molar-refractivity contribution in [2.24, 2.45) is 0 Å². The van der Waals surface area contributed by atoms with E-state index in [9.17, 15) is 4.79 Å². The van der Waals surface area contributed by atoms with Gasteiger partial charge in [-0.1, -0.05) is 30.3 Å². The second-order valence-corrected chi connectivity index (χ2v) is 3.66. The summed E-state index contributed by atoms with van der Waals surface area (Å²) in [7, 11) is 0. The lowest BCUT2D eigenvalue weighted by atomic mass is 10.1. The molecule has 0 fully saturated rings. The van der Waals surface area contributed by atoms with Crippen LogP contribution >= 0.6 is 0 Å². The number of esters is 1. The number of aromatic nitrogens is 2. The van der Waals surface area contributed by atoms with Gasteiger partial charge in [0, 0.05) is 12.1 Å². The van der Waals surface area contributed by atoms with Gasteiger partial charge < -0.3 is 4.74 Å². The molecule has 0 amide bonds. The lowest BCUT2D eigenvalue weighted by Crippen LogP contribution is -2.04. The van der Waals surface area contributed by atoms with Gasteiger partial charge in [-0.3, -0.25) is 5.10 Å². The number of hydrogen-bond donors (Lipinski definition) is 1. The van der Waals surface area contributed by atoms with Crippen LogP contribution in [0.15, 0.2) is 36.4 Å². The molecule has 1 heterocycles. The zero-order valence-corrected chi connectivity index (χ0v) is 9.64. The second-order valence-electron chi connectivity index (χ2n) is 3.66. The molecule has 4 heteroatoms. The zero-order valence-electron chi connectivity index (χ0n) is 9.64.